The molecule has 1 unspecified atom stereocenters. The van der Waals surface area contributed by atoms with Crippen molar-refractivity contribution in [3.8, 4) is 0 Å². The van der Waals surface area contributed by atoms with Crippen molar-refractivity contribution in [1.29, 1.82) is 0 Å². The van der Waals surface area contributed by atoms with Crippen molar-refractivity contribution in [2.75, 3.05) is 16.8 Å². The minimum absolute atomic E-state index is 0.0563. The lowest BCUT2D eigenvalue weighted by Gasteiger charge is -2.34. The van der Waals surface area contributed by atoms with Crippen LogP contribution in [0.4, 0.5) is 20.3 Å². The van der Waals surface area contributed by atoms with Gasteiger partial charge in [0.1, 0.15) is 28.6 Å². The fraction of sp³-hybridized carbons (Fsp3) is 0.350. The fourth-order valence-electron chi connectivity index (χ4n) is 3.67. The van der Waals surface area contributed by atoms with Gasteiger partial charge in [-0.1, -0.05) is 0 Å². The van der Waals surface area contributed by atoms with E-state index in [0.717, 1.165) is 53.1 Å². The Morgan fingerprint density at radius 1 is 1.29 bits per heavy atom. The molecule has 8 heteroatoms. The number of hydrogen-bond acceptors (Lipinski definition) is 5. The average Bonchev–Trinajstić information content (AvgIpc) is 3.01. The number of benzene rings is 1. The molecule has 2 aromatic heterocycles. The van der Waals surface area contributed by atoms with E-state index in [1.165, 1.54) is 30.2 Å². The first kappa shape index (κ1) is 18.7. The van der Waals surface area contributed by atoms with Crippen molar-refractivity contribution in [3.05, 3.63) is 46.6 Å². The van der Waals surface area contributed by atoms with E-state index in [1.54, 1.807) is 0 Å². The number of carbonyl (C=O) groups excluding carboxylic acids is 1. The Bertz CT molecular complexity index is 1050. The first-order chi connectivity index (χ1) is 13.5. The van der Waals surface area contributed by atoms with Gasteiger partial charge in [0.25, 0.3) is 5.91 Å². The summed E-state index contributed by atoms with van der Waals surface area (Å²) in [5.74, 6) is -1.10. The molecule has 0 spiro atoms. The van der Waals surface area contributed by atoms with Gasteiger partial charge in [-0.2, -0.15) is 0 Å². The molecular formula is C20H20F2N4OS. The minimum Gasteiger partial charge on any atom is -0.353 e. The third kappa shape index (κ3) is 3.32. The van der Waals surface area contributed by atoms with E-state index < -0.39 is 17.5 Å². The lowest BCUT2D eigenvalue weighted by molar-refractivity contribution is 0.102. The molecule has 1 amide bonds. The van der Waals surface area contributed by atoms with Crippen LogP contribution in [0.1, 0.15) is 41.4 Å². The second-order valence-electron chi connectivity index (χ2n) is 7.05. The molecular weight excluding hydrogens is 382 g/mol. The number of halogens is 2. The van der Waals surface area contributed by atoms with Gasteiger partial charge in [-0.05, 0) is 50.8 Å². The monoisotopic (exact) mass is 402 g/mol. The third-order valence-electron chi connectivity index (χ3n) is 5.17. The van der Waals surface area contributed by atoms with Crippen LogP contribution in [0.25, 0.3) is 10.2 Å². The predicted octanol–water partition coefficient (Wildman–Crippen LogP) is 4.91. The molecule has 146 valence electrons. The van der Waals surface area contributed by atoms with Gasteiger partial charge in [0.05, 0.1) is 16.0 Å². The van der Waals surface area contributed by atoms with E-state index in [4.69, 9.17) is 0 Å². The highest BCUT2D eigenvalue weighted by Gasteiger charge is 2.26. The molecule has 1 saturated heterocycles. The molecule has 3 heterocycles. The molecule has 1 atom stereocenters. The molecule has 5 nitrogen and oxygen atoms in total. The number of piperidine rings is 1. The van der Waals surface area contributed by atoms with Gasteiger partial charge in [-0.25, -0.2) is 18.7 Å². The number of aromatic nitrogens is 2. The number of anilines is 2. The number of nitrogens with one attached hydrogen (secondary N) is 1. The molecule has 1 aliphatic rings. The Hall–Kier alpha value is -2.61. The van der Waals surface area contributed by atoms with Gasteiger partial charge in [-0.15, -0.1) is 11.3 Å². The quantitative estimate of drug-likeness (QED) is 0.676. The maximum atomic E-state index is 13.9. The highest BCUT2D eigenvalue weighted by Crippen LogP contribution is 2.37. The first-order valence-electron chi connectivity index (χ1n) is 9.23. The van der Waals surface area contributed by atoms with E-state index >= 15 is 0 Å². The summed E-state index contributed by atoms with van der Waals surface area (Å²) in [5, 5.41) is 3.40. The number of thiophene rings is 1. The molecule has 1 aromatic carbocycles. The molecule has 0 aliphatic carbocycles. The number of nitrogens with zero attached hydrogens (tertiary/aromatic N) is 3. The fourth-order valence-corrected chi connectivity index (χ4v) is 4.71. The summed E-state index contributed by atoms with van der Waals surface area (Å²) in [6, 6.07) is 3.44. The lowest BCUT2D eigenvalue weighted by atomic mass is 10.0. The maximum absolute atomic E-state index is 13.9. The van der Waals surface area contributed by atoms with Crippen LogP contribution in [0.15, 0.2) is 24.5 Å². The van der Waals surface area contributed by atoms with Crippen molar-refractivity contribution in [2.24, 2.45) is 0 Å². The number of aryl methyl sites for hydroxylation is 1. The van der Waals surface area contributed by atoms with E-state index in [9.17, 15) is 13.6 Å². The number of rotatable bonds is 3. The van der Waals surface area contributed by atoms with Crippen molar-refractivity contribution >= 4 is 39.0 Å². The van der Waals surface area contributed by atoms with Crippen molar-refractivity contribution in [2.45, 2.75) is 39.2 Å². The molecule has 1 fully saturated rings. The van der Waals surface area contributed by atoms with Crippen LogP contribution < -0.4 is 10.2 Å². The first-order valence-corrected chi connectivity index (χ1v) is 10.0. The van der Waals surface area contributed by atoms with Crippen LogP contribution in [0.3, 0.4) is 0 Å². The zero-order chi connectivity index (χ0) is 19.8. The van der Waals surface area contributed by atoms with Gasteiger partial charge < -0.3 is 10.2 Å². The van der Waals surface area contributed by atoms with E-state index in [-0.39, 0.29) is 5.69 Å². The summed E-state index contributed by atoms with van der Waals surface area (Å²) < 4.78 is 27.0. The van der Waals surface area contributed by atoms with Gasteiger partial charge in [0.2, 0.25) is 0 Å². The average molecular weight is 402 g/mol. The Balaban J connectivity index is 1.71. The minimum atomic E-state index is -0.810. The number of carbonyl (C=O) groups is 1. The van der Waals surface area contributed by atoms with Gasteiger partial charge in [0.15, 0.2) is 0 Å². The van der Waals surface area contributed by atoms with Gasteiger partial charge >= 0.3 is 0 Å². The Kier molecular flexibility index (Phi) is 4.97. The Morgan fingerprint density at radius 3 is 2.86 bits per heavy atom. The maximum Gasteiger partial charge on any atom is 0.266 e. The topological polar surface area (TPSA) is 58.1 Å². The zero-order valence-electron chi connectivity index (χ0n) is 15.6. The van der Waals surface area contributed by atoms with Crippen molar-refractivity contribution in [3.63, 3.8) is 0 Å². The van der Waals surface area contributed by atoms with E-state index in [1.807, 2.05) is 6.92 Å². The Morgan fingerprint density at radius 2 is 2.11 bits per heavy atom. The predicted molar refractivity (Wildman–Crippen MR) is 107 cm³/mol. The third-order valence-corrected chi connectivity index (χ3v) is 6.37. The molecule has 0 bridgehead atoms. The molecule has 1 N–H and O–H groups in total. The number of hydrogen-bond donors (Lipinski definition) is 1. The second kappa shape index (κ2) is 7.43. The summed E-state index contributed by atoms with van der Waals surface area (Å²) in [7, 11) is 0. The SMILES string of the molecule is Cc1c(C(=O)Nc2ccc(F)cc2F)sc2ncnc(N3CCCCC3C)c12. The van der Waals surface area contributed by atoms with Crippen molar-refractivity contribution < 1.29 is 13.6 Å². The molecule has 0 saturated carbocycles. The number of amides is 1. The number of fused-ring (bicyclic) bond motifs is 1. The molecule has 3 aromatic rings. The summed E-state index contributed by atoms with van der Waals surface area (Å²) in [4.78, 5) is 25.1. The molecule has 28 heavy (non-hydrogen) atoms. The van der Waals surface area contributed by atoms with Crippen LogP contribution in [0.5, 0.6) is 0 Å². The van der Waals surface area contributed by atoms with Gasteiger partial charge in [0, 0.05) is 18.7 Å². The largest absolute Gasteiger partial charge is 0.353 e. The lowest BCUT2D eigenvalue weighted by Crippen LogP contribution is -2.38. The molecule has 1 aliphatic heterocycles. The van der Waals surface area contributed by atoms with Crippen LogP contribution in [-0.2, 0) is 0 Å². The van der Waals surface area contributed by atoms with Crippen LogP contribution in [0.2, 0.25) is 0 Å². The molecule has 0 radical (unpaired) electrons. The van der Waals surface area contributed by atoms with Crippen LogP contribution >= 0.6 is 11.3 Å². The smallest absolute Gasteiger partial charge is 0.266 e. The second-order valence-corrected chi connectivity index (χ2v) is 8.05. The standard InChI is InChI=1S/C20H20F2N4OS/c1-11-5-3-4-8-26(11)18-16-12(2)17(28-20(16)24-10-23-18)19(27)25-15-7-6-13(21)9-14(15)22/h6-7,9-11H,3-5,8H2,1-2H3,(H,25,27). The van der Waals surface area contributed by atoms with E-state index in [2.05, 4.69) is 27.1 Å². The summed E-state index contributed by atoms with van der Waals surface area (Å²) in [6.07, 6.45) is 4.93. The van der Waals surface area contributed by atoms with Crippen LogP contribution in [0, 0.1) is 18.6 Å². The molecule has 4 rings (SSSR count). The van der Waals surface area contributed by atoms with Crippen molar-refractivity contribution in [1.82, 2.24) is 9.97 Å². The summed E-state index contributed by atoms with van der Waals surface area (Å²) >= 11 is 1.25. The summed E-state index contributed by atoms with van der Waals surface area (Å²) in [5.41, 5.74) is 0.715. The van der Waals surface area contributed by atoms with Crippen LogP contribution in [-0.4, -0.2) is 28.5 Å². The zero-order valence-corrected chi connectivity index (χ0v) is 16.4. The van der Waals surface area contributed by atoms with Gasteiger partial charge in [-0.3, -0.25) is 4.79 Å². The van der Waals surface area contributed by atoms with E-state index in [0.29, 0.717) is 10.9 Å². The normalized spacial score (nSPS) is 17.1. The highest BCUT2D eigenvalue weighted by atomic mass is 32.1. The Labute approximate surface area is 165 Å². The highest BCUT2D eigenvalue weighted by molar-refractivity contribution is 7.20. The summed E-state index contributed by atoms with van der Waals surface area (Å²) in [6.45, 7) is 4.96.